The van der Waals surface area contributed by atoms with E-state index in [1.54, 1.807) is 13.0 Å². The minimum Gasteiger partial charge on any atom is -0.477 e. The largest absolute Gasteiger partial charge is 0.477 e. The van der Waals surface area contributed by atoms with Crippen molar-refractivity contribution in [2.45, 2.75) is 26.0 Å². The van der Waals surface area contributed by atoms with Crippen molar-refractivity contribution in [3.8, 4) is 16.8 Å². The highest BCUT2D eigenvalue weighted by Gasteiger charge is 2.17. The molecule has 0 amide bonds. The predicted molar refractivity (Wildman–Crippen MR) is 121 cm³/mol. The van der Waals surface area contributed by atoms with Crippen LogP contribution < -0.4 is 0 Å². The van der Waals surface area contributed by atoms with E-state index >= 15 is 0 Å². The lowest BCUT2D eigenvalue weighted by atomic mass is 10.1. The van der Waals surface area contributed by atoms with E-state index in [0.29, 0.717) is 5.89 Å². The van der Waals surface area contributed by atoms with Gasteiger partial charge in [-0.3, -0.25) is 0 Å². The van der Waals surface area contributed by atoms with Gasteiger partial charge in [0.15, 0.2) is 0 Å². The zero-order valence-corrected chi connectivity index (χ0v) is 18.2. The smallest absolute Gasteiger partial charge is 0.342 e. The minimum atomic E-state index is -1.04. The fourth-order valence-corrected chi connectivity index (χ4v) is 4.16. The van der Waals surface area contributed by atoms with Gasteiger partial charge in [0.05, 0.1) is 0 Å². The number of nitrogens with zero attached hydrogens (tertiary/aromatic N) is 3. The molecule has 1 N–H and O–H groups in total. The van der Waals surface area contributed by atoms with E-state index in [4.69, 9.17) is 4.42 Å². The highest BCUT2D eigenvalue weighted by atomic mass is 32.2. The summed E-state index contributed by atoms with van der Waals surface area (Å²) in [4.78, 5) is 11.9. The molecule has 156 valence electrons. The van der Waals surface area contributed by atoms with Gasteiger partial charge in [-0.15, -0.1) is 10.2 Å². The number of aliphatic carboxylic acids is 1. The van der Waals surface area contributed by atoms with Crippen LogP contribution in [0.4, 0.5) is 0 Å². The molecule has 0 unspecified atom stereocenters. The summed E-state index contributed by atoms with van der Waals surface area (Å²) in [5, 5.41) is 17.5. The Morgan fingerprint density at radius 1 is 1.00 bits per heavy atom. The van der Waals surface area contributed by atoms with Crippen molar-refractivity contribution in [3.63, 3.8) is 0 Å². The normalized spacial score (nSPS) is 11.6. The molecular formula is C24H21N3O3S. The second-order valence-electron chi connectivity index (χ2n) is 7.08. The molecule has 0 aliphatic rings. The number of carboxylic acid groups (broad SMARTS) is 1. The zero-order chi connectivity index (χ0) is 22.0. The number of rotatable bonds is 6. The van der Waals surface area contributed by atoms with E-state index in [2.05, 4.69) is 51.2 Å². The van der Waals surface area contributed by atoms with Crippen molar-refractivity contribution in [2.75, 3.05) is 0 Å². The van der Waals surface area contributed by atoms with E-state index in [1.807, 2.05) is 38.1 Å². The van der Waals surface area contributed by atoms with Gasteiger partial charge in [-0.1, -0.05) is 42.5 Å². The fraction of sp³-hybridized carbons (Fsp3) is 0.125. The van der Waals surface area contributed by atoms with Crippen molar-refractivity contribution in [3.05, 3.63) is 88.4 Å². The molecule has 2 heterocycles. The number of aryl methyl sites for hydroxylation is 2. The molecular weight excluding hydrogens is 410 g/mol. The third kappa shape index (κ3) is 4.46. The molecule has 31 heavy (non-hydrogen) atoms. The highest BCUT2D eigenvalue weighted by molar-refractivity contribution is 8.03. The van der Waals surface area contributed by atoms with Gasteiger partial charge < -0.3 is 14.1 Å². The van der Waals surface area contributed by atoms with Crippen LogP contribution in [0.25, 0.3) is 22.9 Å². The molecule has 0 spiro atoms. The lowest BCUT2D eigenvalue weighted by Gasteiger charge is -2.11. The summed E-state index contributed by atoms with van der Waals surface area (Å²) in [6, 6.07) is 20.5. The van der Waals surface area contributed by atoms with Crippen LogP contribution in [0.2, 0.25) is 0 Å². The maximum Gasteiger partial charge on any atom is 0.342 e. The quantitative estimate of drug-likeness (QED) is 0.313. The maximum atomic E-state index is 11.8. The molecule has 0 radical (unpaired) electrons. The summed E-state index contributed by atoms with van der Waals surface area (Å²) < 4.78 is 7.42. The number of thioether (sulfide) groups is 1. The molecule has 7 heteroatoms. The van der Waals surface area contributed by atoms with Crippen molar-refractivity contribution < 1.29 is 14.3 Å². The summed E-state index contributed by atoms with van der Waals surface area (Å²) in [5.41, 5.74) is 6.12. The molecule has 0 atom stereocenters. The first-order chi connectivity index (χ1) is 14.9. The number of carboxylic acids is 1. The molecule has 2 aromatic heterocycles. The van der Waals surface area contributed by atoms with Crippen LogP contribution in [-0.4, -0.2) is 25.8 Å². The summed E-state index contributed by atoms with van der Waals surface area (Å²) in [5.74, 6) is -0.651. The SMILES string of the molecule is Cc1nnc(S/C(=C\c2cc(C)n(-c3ccc(-c4ccccc4)cc3)c2C)C(=O)O)o1. The zero-order valence-electron chi connectivity index (χ0n) is 17.4. The van der Waals surface area contributed by atoms with E-state index in [9.17, 15) is 9.90 Å². The van der Waals surface area contributed by atoms with Crippen LogP contribution in [0, 0.1) is 20.8 Å². The Hall–Kier alpha value is -3.58. The first-order valence-electron chi connectivity index (χ1n) is 9.70. The fourth-order valence-electron chi connectivity index (χ4n) is 3.45. The van der Waals surface area contributed by atoms with Gasteiger partial charge in [0.2, 0.25) is 5.89 Å². The number of carbonyl (C=O) groups is 1. The monoisotopic (exact) mass is 431 g/mol. The van der Waals surface area contributed by atoms with E-state index in [0.717, 1.165) is 45.5 Å². The summed E-state index contributed by atoms with van der Waals surface area (Å²) in [6.07, 6.45) is 1.64. The van der Waals surface area contributed by atoms with Crippen molar-refractivity contribution in [1.29, 1.82) is 0 Å². The van der Waals surface area contributed by atoms with Crippen LogP contribution in [0.15, 0.2) is 75.2 Å². The lowest BCUT2D eigenvalue weighted by Crippen LogP contribution is -2.00. The Morgan fingerprint density at radius 2 is 1.68 bits per heavy atom. The second-order valence-corrected chi connectivity index (χ2v) is 8.07. The highest BCUT2D eigenvalue weighted by Crippen LogP contribution is 2.30. The first kappa shape index (κ1) is 20.7. The van der Waals surface area contributed by atoms with Crippen molar-refractivity contribution in [1.82, 2.24) is 14.8 Å². The molecule has 0 fully saturated rings. The average Bonchev–Trinajstić information content (AvgIpc) is 3.30. The standard InChI is InChI=1S/C24H21N3O3S/c1-15-13-20(14-22(23(28)29)31-24-26-25-17(3)30-24)16(2)27(15)21-11-9-19(10-12-21)18-7-5-4-6-8-18/h4-14H,1-3H3,(H,28,29)/b22-14-. The molecule has 0 bridgehead atoms. The van der Waals surface area contributed by atoms with Crippen molar-refractivity contribution in [2.24, 2.45) is 0 Å². The van der Waals surface area contributed by atoms with E-state index in [1.165, 1.54) is 0 Å². The van der Waals surface area contributed by atoms with Gasteiger partial charge >= 0.3 is 5.97 Å². The third-order valence-electron chi connectivity index (χ3n) is 4.91. The van der Waals surface area contributed by atoms with E-state index < -0.39 is 5.97 Å². The lowest BCUT2D eigenvalue weighted by molar-refractivity contribution is -0.131. The molecule has 4 rings (SSSR count). The Labute approximate surface area is 184 Å². The number of hydrogen-bond acceptors (Lipinski definition) is 5. The van der Waals surface area contributed by atoms with Crippen LogP contribution in [0.5, 0.6) is 0 Å². The molecule has 0 saturated heterocycles. The van der Waals surface area contributed by atoms with Gasteiger partial charge in [-0.2, -0.15) is 0 Å². The van der Waals surface area contributed by atoms with Gasteiger partial charge in [0.1, 0.15) is 4.91 Å². The molecule has 2 aromatic carbocycles. The summed E-state index contributed by atoms with van der Waals surface area (Å²) >= 11 is 0.944. The topological polar surface area (TPSA) is 81.2 Å². The maximum absolute atomic E-state index is 11.8. The second kappa shape index (κ2) is 8.65. The van der Waals surface area contributed by atoms with Gasteiger partial charge in [0.25, 0.3) is 5.22 Å². The Balaban J connectivity index is 1.66. The minimum absolute atomic E-state index is 0.114. The number of benzene rings is 2. The number of hydrogen-bond donors (Lipinski definition) is 1. The molecule has 0 saturated carbocycles. The Morgan fingerprint density at radius 3 is 2.29 bits per heavy atom. The Bertz CT molecular complexity index is 1260. The summed E-state index contributed by atoms with van der Waals surface area (Å²) in [7, 11) is 0. The van der Waals surface area contributed by atoms with Crippen LogP contribution in [0.3, 0.4) is 0 Å². The number of aromatic nitrogens is 3. The first-order valence-corrected chi connectivity index (χ1v) is 10.5. The van der Waals surface area contributed by atoms with Gasteiger partial charge in [0, 0.05) is 24.0 Å². The molecule has 6 nitrogen and oxygen atoms in total. The predicted octanol–water partition coefficient (Wildman–Crippen LogP) is 5.67. The van der Waals surface area contributed by atoms with Gasteiger partial charge in [-0.05, 0) is 66.6 Å². The van der Waals surface area contributed by atoms with E-state index in [-0.39, 0.29) is 10.1 Å². The van der Waals surface area contributed by atoms with Gasteiger partial charge in [-0.25, -0.2) is 4.79 Å². The van der Waals surface area contributed by atoms with Crippen LogP contribution >= 0.6 is 11.8 Å². The Kier molecular flexibility index (Phi) is 5.77. The molecule has 0 aliphatic carbocycles. The van der Waals surface area contributed by atoms with Crippen LogP contribution in [0.1, 0.15) is 22.8 Å². The molecule has 0 aliphatic heterocycles. The average molecular weight is 432 g/mol. The third-order valence-corrected chi connectivity index (χ3v) is 5.76. The van der Waals surface area contributed by atoms with Crippen LogP contribution in [-0.2, 0) is 4.79 Å². The summed E-state index contributed by atoms with van der Waals surface area (Å²) in [6.45, 7) is 5.65. The molecule has 4 aromatic rings. The van der Waals surface area contributed by atoms with Crippen molar-refractivity contribution >= 4 is 23.8 Å².